The monoisotopic (exact) mass is 231 g/mol. The lowest BCUT2D eigenvalue weighted by atomic mass is 9.74. The van der Waals surface area contributed by atoms with E-state index in [4.69, 9.17) is 5.73 Å². The Hall–Kier alpha value is -1.84. The van der Waals surface area contributed by atoms with Crippen LogP contribution in [0.15, 0.2) is 24.5 Å². The Kier molecular flexibility index (Phi) is 2.88. The van der Waals surface area contributed by atoms with Crippen molar-refractivity contribution in [2.45, 2.75) is 32.1 Å². The maximum absolute atomic E-state index is 11.8. The first-order chi connectivity index (χ1) is 8.15. The lowest BCUT2D eigenvalue weighted by molar-refractivity contribution is -0.123. The van der Waals surface area contributed by atoms with E-state index >= 15 is 0 Å². The number of rotatable bonds is 4. The number of carbonyl (C=O) groups excluding carboxylic acids is 1. The molecule has 3 N–H and O–H groups in total. The Morgan fingerprint density at radius 3 is 2.71 bits per heavy atom. The first-order valence-electron chi connectivity index (χ1n) is 5.88. The molecule has 0 aliphatic heterocycles. The first-order valence-corrected chi connectivity index (χ1v) is 5.88. The number of hydrogen-bond donors (Lipinski definition) is 2. The van der Waals surface area contributed by atoms with E-state index in [1.807, 2.05) is 32.0 Å². The predicted molar refractivity (Wildman–Crippen MR) is 67.5 cm³/mol. The summed E-state index contributed by atoms with van der Waals surface area (Å²) in [6, 6.07) is 5.82. The summed E-state index contributed by atoms with van der Waals surface area (Å²) in [5.74, 6) is -0.280. The zero-order valence-electron chi connectivity index (χ0n) is 10.2. The number of primary amides is 1. The van der Waals surface area contributed by atoms with Crippen LogP contribution in [0.5, 0.6) is 0 Å². The average molecular weight is 231 g/mol. The molecule has 0 bridgehead atoms. The summed E-state index contributed by atoms with van der Waals surface area (Å²) in [5, 5.41) is 0. The molecule has 0 saturated carbocycles. The van der Waals surface area contributed by atoms with Gasteiger partial charge in [0.1, 0.15) is 0 Å². The van der Waals surface area contributed by atoms with Crippen molar-refractivity contribution in [3.05, 3.63) is 30.1 Å². The van der Waals surface area contributed by atoms with Gasteiger partial charge in [0.2, 0.25) is 5.91 Å². The maximum Gasteiger partial charge on any atom is 0.228 e. The molecule has 0 saturated heterocycles. The summed E-state index contributed by atoms with van der Waals surface area (Å²) in [5.41, 5.74) is 7.70. The van der Waals surface area contributed by atoms with Gasteiger partial charge in [0.25, 0.3) is 0 Å². The fraction of sp³-hybridized carbons (Fsp3) is 0.385. The van der Waals surface area contributed by atoms with Gasteiger partial charge in [-0.25, -0.2) is 4.98 Å². The van der Waals surface area contributed by atoms with Crippen LogP contribution in [0.1, 0.15) is 32.3 Å². The standard InChI is InChI=1S/C13H17N3O/c1-3-13(4-2,12(14)17)9-6-5-7-10-11(9)16-8-15-10/h5-8H,3-4H2,1-2H3,(H2,14,17)(H,15,16). The molecule has 1 amide bonds. The third-order valence-corrected chi connectivity index (χ3v) is 3.64. The van der Waals surface area contributed by atoms with Crippen molar-refractivity contribution >= 4 is 16.9 Å². The van der Waals surface area contributed by atoms with Crippen LogP contribution in [-0.4, -0.2) is 15.9 Å². The fourth-order valence-corrected chi connectivity index (χ4v) is 2.46. The second-order valence-corrected chi connectivity index (χ2v) is 4.26. The van der Waals surface area contributed by atoms with Gasteiger partial charge >= 0.3 is 0 Å². The minimum atomic E-state index is -0.616. The Bertz CT molecular complexity index is 540. The molecule has 2 rings (SSSR count). The van der Waals surface area contributed by atoms with Crippen LogP contribution >= 0.6 is 0 Å². The lowest BCUT2D eigenvalue weighted by Crippen LogP contribution is -2.40. The van der Waals surface area contributed by atoms with Crippen molar-refractivity contribution in [1.82, 2.24) is 9.97 Å². The van der Waals surface area contributed by atoms with Crippen LogP contribution < -0.4 is 5.73 Å². The number of nitrogens with two attached hydrogens (primary N) is 1. The minimum Gasteiger partial charge on any atom is -0.369 e. The molecule has 0 spiro atoms. The van der Waals surface area contributed by atoms with Crippen molar-refractivity contribution < 1.29 is 4.79 Å². The zero-order chi connectivity index (χ0) is 12.5. The smallest absolute Gasteiger partial charge is 0.228 e. The highest BCUT2D eigenvalue weighted by Gasteiger charge is 2.36. The van der Waals surface area contributed by atoms with Gasteiger partial charge < -0.3 is 10.7 Å². The van der Waals surface area contributed by atoms with E-state index in [1.165, 1.54) is 0 Å². The van der Waals surface area contributed by atoms with E-state index in [0.717, 1.165) is 16.6 Å². The summed E-state index contributed by atoms with van der Waals surface area (Å²) in [7, 11) is 0. The Labute approximate surface area is 100 Å². The van der Waals surface area contributed by atoms with Crippen LogP contribution in [0.3, 0.4) is 0 Å². The highest BCUT2D eigenvalue weighted by atomic mass is 16.1. The first kappa shape index (κ1) is 11.6. The van der Waals surface area contributed by atoms with Crippen molar-refractivity contribution in [1.29, 1.82) is 0 Å². The highest BCUT2D eigenvalue weighted by molar-refractivity contribution is 5.92. The van der Waals surface area contributed by atoms with Gasteiger partial charge in [-0.15, -0.1) is 0 Å². The van der Waals surface area contributed by atoms with Crippen molar-refractivity contribution in [3.63, 3.8) is 0 Å². The Morgan fingerprint density at radius 2 is 2.12 bits per heavy atom. The number of H-pyrrole nitrogens is 1. The van der Waals surface area contributed by atoms with Crippen LogP contribution in [0.25, 0.3) is 11.0 Å². The molecule has 2 aromatic rings. The number of benzene rings is 1. The van der Waals surface area contributed by atoms with Gasteiger partial charge in [-0.3, -0.25) is 4.79 Å². The second-order valence-electron chi connectivity index (χ2n) is 4.26. The zero-order valence-corrected chi connectivity index (χ0v) is 10.2. The lowest BCUT2D eigenvalue weighted by Gasteiger charge is -2.28. The van der Waals surface area contributed by atoms with Gasteiger partial charge in [0.15, 0.2) is 0 Å². The van der Waals surface area contributed by atoms with E-state index < -0.39 is 5.41 Å². The SMILES string of the molecule is CCC(CC)(C(N)=O)c1cccc2[nH]cnc12. The Morgan fingerprint density at radius 1 is 1.41 bits per heavy atom. The normalized spacial score (nSPS) is 11.9. The molecule has 0 unspecified atom stereocenters. The van der Waals surface area contributed by atoms with Crippen LogP contribution in [0.2, 0.25) is 0 Å². The summed E-state index contributed by atoms with van der Waals surface area (Å²) in [6.07, 6.45) is 3.01. The summed E-state index contributed by atoms with van der Waals surface area (Å²) >= 11 is 0. The highest BCUT2D eigenvalue weighted by Crippen LogP contribution is 2.34. The number of carbonyl (C=O) groups is 1. The van der Waals surface area contributed by atoms with Gasteiger partial charge in [0, 0.05) is 0 Å². The molecule has 0 aliphatic carbocycles. The van der Waals surface area contributed by atoms with E-state index in [1.54, 1.807) is 6.33 Å². The van der Waals surface area contributed by atoms with Crippen LogP contribution in [0, 0.1) is 0 Å². The summed E-state index contributed by atoms with van der Waals surface area (Å²) < 4.78 is 0. The molecular weight excluding hydrogens is 214 g/mol. The molecule has 0 fully saturated rings. The quantitative estimate of drug-likeness (QED) is 0.845. The molecule has 0 radical (unpaired) electrons. The number of para-hydroxylation sites is 1. The largest absolute Gasteiger partial charge is 0.369 e. The van der Waals surface area contributed by atoms with E-state index in [0.29, 0.717) is 12.8 Å². The molecule has 17 heavy (non-hydrogen) atoms. The maximum atomic E-state index is 11.8. The van der Waals surface area contributed by atoms with Gasteiger partial charge in [-0.1, -0.05) is 26.0 Å². The van der Waals surface area contributed by atoms with Crippen molar-refractivity contribution in [2.75, 3.05) is 0 Å². The average Bonchev–Trinajstić information content (AvgIpc) is 2.79. The van der Waals surface area contributed by atoms with Gasteiger partial charge in [-0.2, -0.15) is 0 Å². The number of aromatic amines is 1. The van der Waals surface area contributed by atoms with Crippen molar-refractivity contribution in [2.24, 2.45) is 5.73 Å². The molecule has 4 nitrogen and oxygen atoms in total. The number of aromatic nitrogens is 2. The molecule has 1 aromatic carbocycles. The van der Waals surface area contributed by atoms with E-state index in [9.17, 15) is 4.79 Å². The van der Waals surface area contributed by atoms with Crippen molar-refractivity contribution in [3.8, 4) is 0 Å². The number of nitrogens with one attached hydrogen (secondary N) is 1. The van der Waals surface area contributed by atoms with Gasteiger partial charge in [-0.05, 0) is 24.5 Å². The summed E-state index contributed by atoms with van der Waals surface area (Å²) in [4.78, 5) is 19.2. The molecule has 1 aromatic heterocycles. The van der Waals surface area contributed by atoms with Gasteiger partial charge in [0.05, 0.1) is 22.8 Å². The molecule has 4 heteroatoms. The third kappa shape index (κ3) is 1.60. The predicted octanol–water partition coefficient (Wildman–Crippen LogP) is 2.11. The minimum absolute atomic E-state index is 0.280. The van der Waals surface area contributed by atoms with E-state index in [2.05, 4.69) is 9.97 Å². The number of nitrogens with zero attached hydrogens (tertiary/aromatic N) is 1. The van der Waals surface area contributed by atoms with Crippen LogP contribution in [-0.2, 0) is 10.2 Å². The van der Waals surface area contributed by atoms with E-state index in [-0.39, 0.29) is 5.91 Å². The number of imidazole rings is 1. The summed E-state index contributed by atoms with van der Waals surface area (Å²) in [6.45, 7) is 3.97. The molecule has 1 heterocycles. The topological polar surface area (TPSA) is 71.8 Å². The molecule has 90 valence electrons. The fourth-order valence-electron chi connectivity index (χ4n) is 2.46. The number of amides is 1. The molecular formula is C13H17N3O. The second kappa shape index (κ2) is 4.20. The molecule has 0 atom stereocenters. The third-order valence-electron chi connectivity index (χ3n) is 3.64. The molecule has 0 aliphatic rings. The Balaban J connectivity index is 2.72. The van der Waals surface area contributed by atoms with Crippen LogP contribution in [0.4, 0.5) is 0 Å². The number of hydrogen-bond acceptors (Lipinski definition) is 2. The number of fused-ring (bicyclic) bond motifs is 1.